The SMILES string of the molecule is CCCCCCCCCC(=O)Nc1sc(C(=O)OC)c(C)c1C(N)=O. The van der Waals surface area contributed by atoms with Gasteiger partial charge in [-0.25, -0.2) is 4.79 Å². The van der Waals surface area contributed by atoms with Gasteiger partial charge in [0.25, 0.3) is 5.91 Å². The number of esters is 1. The molecule has 0 unspecified atom stereocenters. The first kappa shape index (κ1) is 21.2. The van der Waals surface area contributed by atoms with E-state index in [1.54, 1.807) is 6.92 Å². The third-order valence-corrected chi connectivity index (χ3v) is 5.21. The fourth-order valence-electron chi connectivity index (χ4n) is 2.62. The van der Waals surface area contributed by atoms with Crippen LogP contribution in [0.1, 0.15) is 83.9 Å². The van der Waals surface area contributed by atoms with E-state index in [9.17, 15) is 14.4 Å². The molecule has 0 atom stereocenters. The van der Waals surface area contributed by atoms with Gasteiger partial charge in [0.1, 0.15) is 9.88 Å². The lowest BCUT2D eigenvalue weighted by molar-refractivity contribution is -0.116. The lowest BCUT2D eigenvalue weighted by atomic mass is 10.1. The van der Waals surface area contributed by atoms with Crippen molar-refractivity contribution in [2.75, 3.05) is 12.4 Å². The van der Waals surface area contributed by atoms with Crippen LogP contribution in [0.25, 0.3) is 0 Å². The molecule has 0 saturated carbocycles. The summed E-state index contributed by atoms with van der Waals surface area (Å²) in [5, 5.41) is 3.03. The molecular weight excluding hydrogens is 340 g/mol. The van der Waals surface area contributed by atoms with Gasteiger partial charge in [0.15, 0.2) is 0 Å². The quantitative estimate of drug-likeness (QED) is 0.455. The van der Waals surface area contributed by atoms with Gasteiger partial charge < -0.3 is 15.8 Å². The van der Waals surface area contributed by atoms with Crippen molar-refractivity contribution in [2.45, 2.75) is 65.2 Å². The number of amides is 2. The zero-order valence-electron chi connectivity index (χ0n) is 15.3. The summed E-state index contributed by atoms with van der Waals surface area (Å²) in [7, 11) is 1.27. The van der Waals surface area contributed by atoms with Gasteiger partial charge in [0.05, 0.1) is 12.7 Å². The van der Waals surface area contributed by atoms with Crippen LogP contribution in [0.5, 0.6) is 0 Å². The number of nitrogens with one attached hydrogen (secondary N) is 1. The molecule has 0 aliphatic carbocycles. The van der Waals surface area contributed by atoms with E-state index in [2.05, 4.69) is 12.2 Å². The Kier molecular flexibility index (Phi) is 9.20. The summed E-state index contributed by atoms with van der Waals surface area (Å²) in [5.41, 5.74) is 6.01. The van der Waals surface area contributed by atoms with Gasteiger partial charge in [-0.15, -0.1) is 11.3 Å². The van der Waals surface area contributed by atoms with Crippen molar-refractivity contribution >= 4 is 34.1 Å². The molecule has 0 aliphatic heterocycles. The highest BCUT2D eigenvalue weighted by molar-refractivity contribution is 7.18. The molecule has 1 rings (SSSR count). The van der Waals surface area contributed by atoms with E-state index in [0.717, 1.165) is 30.6 Å². The normalized spacial score (nSPS) is 10.5. The van der Waals surface area contributed by atoms with E-state index in [0.29, 0.717) is 17.0 Å². The van der Waals surface area contributed by atoms with Crippen molar-refractivity contribution in [1.82, 2.24) is 0 Å². The van der Waals surface area contributed by atoms with Gasteiger partial charge in [0, 0.05) is 6.42 Å². The van der Waals surface area contributed by atoms with E-state index in [4.69, 9.17) is 10.5 Å². The monoisotopic (exact) mass is 368 g/mol. The Morgan fingerprint density at radius 3 is 2.24 bits per heavy atom. The Balaban J connectivity index is 2.59. The second-order valence-electron chi connectivity index (χ2n) is 6.04. The van der Waals surface area contributed by atoms with Crippen molar-refractivity contribution in [2.24, 2.45) is 5.73 Å². The van der Waals surface area contributed by atoms with E-state index in [1.165, 1.54) is 32.8 Å². The number of hydrogen-bond acceptors (Lipinski definition) is 5. The predicted octanol–water partition coefficient (Wildman–Crippen LogP) is 4.02. The van der Waals surface area contributed by atoms with Crippen LogP contribution < -0.4 is 11.1 Å². The molecule has 0 spiro atoms. The van der Waals surface area contributed by atoms with Crippen molar-refractivity contribution in [3.8, 4) is 0 Å². The lowest BCUT2D eigenvalue weighted by Gasteiger charge is -2.05. The van der Waals surface area contributed by atoms with Gasteiger partial charge in [0.2, 0.25) is 5.91 Å². The first-order valence-electron chi connectivity index (χ1n) is 8.73. The number of carbonyl (C=O) groups is 3. The molecule has 0 aliphatic rings. The minimum absolute atomic E-state index is 0.172. The number of anilines is 1. The van der Waals surface area contributed by atoms with Gasteiger partial charge >= 0.3 is 5.97 Å². The molecule has 7 heteroatoms. The maximum absolute atomic E-state index is 12.1. The Hall–Kier alpha value is -1.89. The predicted molar refractivity (Wildman–Crippen MR) is 100 cm³/mol. The van der Waals surface area contributed by atoms with E-state index < -0.39 is 11.9 Å². The summed E-state index contributed by atoms with van der Waals surface area (Å²) in [4.78, 5) is 35.8. The maximum atomic E-state index is 12.1. The van der Waals surface area contributed by atoms with Crippen LogP contribution in [0.2, 0.25) is 0 Å². The topological polar surface area (TPSA) is 98.5 Å². The van der Waals surface area contributed by atoms with Gasteiger partial charge in [-0.2, -0.15) is 0 Å². The molecule has 0 radical (unpaired) electrons. The van der Waals surface area contributed by atoms with Crippen LogP contribution in [0.4, 0.5) is 5.00 Å². The maximum Gasteiger partial charge on any atom is 0.348 e. The number of methoxy groups -OCH3 is 1. The first-order chi connectivity index (χ1) is 11.9. The highest BCUT2D eigenvalue weighted by Crippen LogP contribution is 2.33. The molecule has 1 heterocycles. The third-order valence-electron chi connectivity index (χ3n) is 4.02. The number of rotatable bonds is 11. The second kappa shape index (κ2) is 10.9. The Morgan fingerprint density at radius 2 is 1.68 bits per heavy atom. The molecule has 3 N–H and O–H groups in total. The summed E-state index contributed by atoms with van der Waals surface area (Å²) < 4.78 is 4.70. The number of ether oxygens (including phenoxy) is 1. The average Bonchev–Trinajstić information content (AvgIpc) is 2.89. The summed E-state index contributed by atoms with van der Waals surface area (Å²) in [6.45, 7) is 3.80. The molecule has 1 aromatic heterocycles. The molecule has 0 saturated heterocycles. The summed E-state index contributed by atoms with van der Waals surface area (Å²) in [6, 6.07) is 0. The smallest absolute Gasteiger partial charge is 0.348 e. The first-order valence-corrected chi connectivity index (χ1v) is 9.55. The minimum Gasteiger partial charge on any atom is -0.465 e. The summed E-state index contributed by atoms with van der Waals surface area (Å²) >= 11 is 1.02. The van der Waals surface area contributed by atoms with Gasteiger partial charge in [-0.3, -0.25) is 9.59 Å². The molecular formula is C18H28N2O4S. The molecule has 1 aromatic rings. The largest absolute Gasteiger partial charge is 0.465 e. The zero-order valence-corrected chi connectivity index (χ0v) is 16.1. The standard InChI is InChI=1S/C18H28N2O4S/c1-4-5-6-7-8-9-10-11-13(21)20-17-14(16(19)22)12(2)15(25-17)18(23)24-3/h4-11H2,1-3H3,(H2,19,22)(H,20,21). The Morgan fingerprint density at radius 1 is 1.08 bits per heavy atom. The van der Waals surface area contributed by atoms with Crippen molar-refractivity contribution in [3.63, 3.8) is 0 Å². The zero-order chi connectivity index (χ0) is 18.8. The van der Waals surface area contributed by atoms with Gasteiger partial charge in [-0.05, 0) is 18.9 Å². The fourth-order valence-corrected chi connectivity index (χ4v) is 3.76. The third kappa shape index (κ3) is 6.49. The molecule has 2 amide bonds. The molecule has 0 aromatic carbocycles. The summed E-state index contributed by atoms with van der Waals surface area (Å²) in [6.07, 6.45) is 8.26. The van der Waals surface area contributed by atoms with E-state index >= 15 is 0 Å². The van der Waals surface area contributed by atoms with Gasteiger partial charge in [-0.1, -0.05) is 45.4 Å². The molecule has 25 heavy (non-hydrogen) atoms. The van der Waals surface area contributed by atoms with Crippen LogP contribution in [0, 0.1) is 6.92 Å². The fraction of sp³-hybridized carbons (Fsp3) is 0.611. The molecule has 140 valence electrons. The van der Waals surface area contributed by atoms with Crippen LogP contribution in [-0.2, 0) is 9.53 Å². The second-order valence-corrected chi connectivity index (χ2v) is 7.06. The number of carbonyl (C=O) groups excluding carboxylic acids is 3. The highest BCUT2D eigenvalue weighted by Gasteiger charge is 2.24. The van der Waals surface area contributed by atoms with E-state index in [1.807, 2.05) is 0 Å². The highest BCUT2D eigenvalue weighted by atomic mass is 32.1. The number of unbranched alkanes of at least 4 members (excludes halogenated alkanes) is 6. The molecule has 6 nitrogen and oxygen atoms in total. The number of thiophene rings is 1. The van der Waals surface area contributed by atoms with Crippen molar-refractivity contribution in [1.29, 1.82) is 0 Å². The number of nitrogens with two attached hydrogens (primary N) is 1. The minimum atomic E-state index is -0.671. The van der Waals surface area contributed by atoms with Crippen molar-refractivity contribution in [3.05, 3.63) is 16.0 Å². The summed E-state index contributed by atoms with van der Waals surface area (Å²) in [5.74, 6) is -1.39. The van der Waals surface area contributed by atoms with Crippen molar-refractivity contribution < 1.29 is 19.1 Å². The van der Waals surface area contributed by atoms with Crippen LogP contribution in [0.15, 0.2) is 0 Å². The average molecular weight is 368 g/mol. The number of primary amides is 1. The lowest BCUT2D eigenvalue weighted by Crippen LogP contribution is -2.17. The Bertz CT molecular complexity index is 610. The number of hydrogen-bond donors (Lipinski definition) is 2. The Labute approximate surface area is 153 Å². The van der Waals surface area contributed by atoms with Crippen LogP contribution in [-0.4, -0.2) is 24.9 Å². The van der Waals surface area contributed by atoms with Crippen LogP contribution >= 0.6 is 11.3 Å². The van der Waals surface area contributed by atoms with E-state index in [-0.39, 0.29) is 16.3 Å². The molecule has 0 fully saturated rings. The van der Waals surface area contributed by atoms with Crippen LogP contribution in [0.3, 0.4) is 0 Å². The molecule has 0 bridgehead atoms.